The topological polar surface area (TPSA) is 29.9 Å². The maximum absolute atomic E-state index is 6.39. The van der Waals surface area contributed by atoms with Crippen LogP contribution in [0, 0.1) is 0 Å². The van der Waals surface area contributed by atoms with E-state index in [1.54, 1.807) is 0 Å². The number of hydrogen-bond acceptors (Lipinski definition) is 2. The maximum atomic E-state index is 6.39. The zero-order valence-electron chi connectivity index (χ0n) is 12.1. The smallest absolute Gasteiger partial charge is 0.0849 e. The lowest BCUT2D eigenvalue weighted by Crippen LogP contribution is -2.27. The second kappa shape index (κ2) is 7.80. The molecule has 0 amide bonds. The van der Waals surface area contributed by atoms with Crippen molar-refractivity contribution in [1.82, 2.24) is 15.1 Å². The minimum absolute atomic E-state index is 0.534. The van der Waals surface area contributed by atoms with E-state index in [2.05, 4.69) is 38.1 Å². The molecule has 18 heavy (non-hydrogen) atoms. The van der Waals surface area contributed by atoms with Crippen molar-refractivity contribution in [1.29, 1.82) is 0 Å². The standard InChI is InChI=1S/C14H26ClN3/c1-5-10-16-11(4)8-9-13-14(15)12(6-2)17-18(13)7-3/h11,16H,5-10H2,1-4H3. The van der Waals surface area contributed by atoms with Crippen LogP contribution in [0.1, 0.15) is 51.9 Å². The first-order chi connectivity index (χ1) is 8.63. The maximum Gasteiger partial charge on any atom is 0.0849 e. The first kappa shape index (κ1) is 15.5. The van der Waals surface area contributed by atoms with Crippen LogP contribution in [-0.2, 0) is 19.4 Å². The molecule has 4 heteroatoms. The van der Waals surface area contributed by atoms with E-state index < -0.39 is 0 Å². The summed E-state index contributed by atoms with van der Waals surface area (Å²) in [5, 5.41) is 8.94. The molecule has 0 radical (unpaired) electrons. The first-order valence-electron chi connectivity index (χ1n) is 7.11. The second-order valence-corrected chi connectivity index (χ2v) is 5.15. The molecule has 1 aromatic heterocycles. The molecule has 0 saturated heterocycles. The second-order valence-electron chi connectivity index (χ2n) is 4.77. The highest BCUT2D eigenvalue weighted by Gasteiger charge is 2.14. The Kier molecular flexibility index (Phi) is 6.72. The molecule has 0 fully saturated rings. The number of nitrogens with zero attached hydrogens (tertiary/aromatic N) is 2. The lowest BCUT2D eigenvalue weighted by molar-refractivity contribution is 0.500. The molecule has 1 aromatic rings. The van der Waals surface area contributed by atoms with Gasteiger partial charge in [-0.1, -0.05) is 25.4 Å². The van der Waals surface area contributed by atoms with E-state index in [1.165, 1.54) is 12.1 Å². The average Bonchev–Trinajstić information content (AvgIpc) is 2.69. The third kappa shape index (κ3) is 3.99. The van der Waals surface area contributed by atoms with Gasteiger partial charge in [-0.2, -0.15) is 5.10 Å². The van der Waals surface area contributed by atoms with Crippen LogP contribution in [0.2, 0.25) is 5.02 Å². The first-order valence-corrected chi connectivity index (χ1v) is 7.49. The van der Waals surface area contributed by atoms with E-state index >= 15 is 0 Å². The quantitative estimate of drug-likeness (QED) is 0.785. The Morgan fingerprint density at radius 1 is 1.33 bits per heavy atom. The highest BCUT2D eigenvalue weighted by Crippen LogP contribution is 2.23. The third-order valence-corrected chi connectivity index (χ3v) is 3.69. The molecule has 1 unspecified atom stereocenters. The van der Waals surface area contributed by atoms with Gasteiger partial charge in [0.15, 0.2) is 0 Å². The highest BCUT2D eigenvalue weighted by atomic mass is 35.5. The largest absolute Gasteiger partial charge is 0.314 e. The molecule has 104 valence electrons. The van der Waals surface area contributed by atoms with Gasteiger partial charge in [0.1, 0.15) is 0 Å². The minimum Gasteiger partial charge on any atom is -0.314 e. The summed E-state index contributed by atoms with van der Waals surface area (Å²) in [7, 11) is 0. The van der Waals surface area contributed by atoms with E-state index in [-0.39, 0.29) is 0 Å². The molecular weight excluding hydrogens is 246 g/mol. The van der Waals surface area contributed by atoms with E-state index in [1.807, 2.05) is 4.68 Å². The van der Waals surface area contributed by atoms with Gasteiger partial charge in [0.05, 0.1) is 16.4 Å². The molecule has 0 aromatic carbocycles. The number of nitrogens with one attached hydrogen (secondary N) is 1. The number of halogens is 1. The minimum atomic E-state index is 0.534. The predicted molar refractivity (Wildman–Crippen MR) is 78.4 cm³/mol. The van der Waals surface area contributed by atoms with Crippen LogP contribution in [0.15, 0.2) is 0 Å². The molecule has 0 bridgehead atoms. The fourth-order valence-corrected chi connectivity index (χ4v) is 2.47. The van der Waals surface area contributed by atoms with Crippen molar-refractivity contribution in [2.24, 2.45) is 0 Å². The van der Waals surface area contributed by atoms with Crippen molar-refractivity contribution in [2.45, 2.75) is 66.0 Å². The lowest BCUT2D eigenvalue weighted by atomic mass is 10.1. The summed E-state index contributed by atoms with van der Waals surface area (Å²) in [6, 6.07) is 0.534. The summed E-state index contributed by atoms with van der Waals surface area (Å²) in [5.74, 6) is 0. The molecule has 1 rings (SSSR count). The Morgan fingerprint density at radius 3 is 2.61 bits per heavy atom. The molecular formula is C14H26ClN3. The van der Waals surface area contributed by atoms with Crippen molar-refractivity contribution in [3.63, 3.8) is 0 Å². The van der Waals surface area contributed by atoms with Crippen LogP contribution in [-0.4, -0.2) is 22.4 Å². The summed E-state index contributed by atoms with van der Waals surface area (Å²) in [6.07, 6.45) is 4.19. The Morgan fingerprint density at radius 2 is 2.06 bits per heavy atom. The van der Waals surface area contributed by atoms with Gasteiger partial charge in [-0.05, 0) is 46.1 Å². The molecule has 0 aliphatic carbocycles. The van der Waals surface area contributed by atoms with Crippen molar-refractivity contribution in [3.8, 4) is 0 Å². The fourth-order valence-electron chi connectivity index (χ4n) is 2.10. The van der Waals surface area contributed by atoms with Crippen LogP contribution < -0.4 is 5.32 Å². The molecule has 1 atom stereocenters. The summed E-state index contributed by atoms with van der Waals surface area (Å²) < 4.78 is 2.05. The van der Waals surface area contributed by atoms with Gasteiger partial charge in [-0.15, -0.1) is 0 Å². The third-order valence-electron chi connectivity index (χ3n) is 3.25. The summed E-state index contributed by atoms with van der Waals surface area (Å²) in [5.41, 5.74) is 2.23. The lowest BCUT2D eigenvalue weighted by Gasteiger charge is -2.13. The normalized spacial score (nSPS) is 12.9. The van der Waals surface area contributed by atoms with E-state index in [4.69, 9.17) is 11.6 Å². The van der Waals surface area contributed by atoms with Gasteiger partial charge in [-0.25, -0.2) is 0 Å². The van der Waals surface area contributed by atoms with Crippen LogP contribution >= 0.6 is 11.6 Å². The zero-order chi connectivity index (χ0) is 13.5. The van der Waals surface area contributed by atoms with E-state index in [9.17, 15) is 0 Å². The number of aryl methyl sites for hydroxylation is 2. The van der Waals surface area contributed by atoms with Gasteiger partial charge in [0, 0.05) is 12.6 Å². The number of aromatic nitrogens is 2. The van der Waals surface area contributed by atoms with Crippen LogP contribution in [0.3, 0.4) is 0 Å². The van der Waals surface area contributed by atoms with Gasteiger partial charge in [0.2, 0.25) is 0 Å². The summed E-state index contributed by atoms with van der Waals surface area (Å²) in [6.45, 7) is 10.6. The van der Waals surface area contributed by atoms with Crippen LogP contribution in [0.25, 0.3) is 0 Å². The average molecular weight is 272 g/mol. The van der Waals surface area contributed by atoms with Crippen molar-refractivity contribution in [3.05, 3.63) is 16.4 Å². The van der Waals surface area contributed by atoms with Crippen molar-refractivity contribution < 1.29 is 0 Å². The molecule has 0 aliphatic heterocycles. The monoisotopic (exact) mass is 271 g/mol. The van der Waals surface area contributed by atoms with Gasteiger partial charge < -0.3 is 5.32 Å². The van der Waals surface area contributed by atoms with Crippen LogP contribution in [0.5, 0.6) is 0 Å². The highest BCUT2D eigenvalue weighted by molar-refractivity contribution is 6.31. The number of hydrogen-bond donors (Lipinski definition) is 1. The summed E-state index contributed by atoms with van der Waals surface area (Å²) in [4.78, 5) is 0. The number of rotatable bonds is 8. The van der Waals surface area contributed by atoms with E-state index in [0.29, 0.717) is 6.04 Å². The molecule has 0 aliphatic rings. The van der Waals surface area contributed by atoms with Crippen LogP contribution in [0.4, 0.5) is 0 Å². The molecule has 1 N–H and O–H groups in total. The van der Waals surface area contributed by atoms with Gasteiger partial charge >= 0.3 is 0 Å². The van der Waals surface area contributed by atoms with Crippen molar-refractivity contribution in [2.75, 3.05) is 6.54 Å². The Bertz CT molecular complexity index is 360. The molecule has 1 heterocycles. The Labute approximate surface area is 116 Å². The molecule has 3 nitrogen and oxygen atoms in total. The van der Waals surface area contributed by atoms with Gasteiger partial charge in [-0.3, -0.25) is 4.68 Å². The zero-order valence-corrected chi connectivity index (χ0v) is 12.8. The predicted octanol–water partition coefficient (Wildman–Crippen LogP) is 3.44. The van der Waals surface area contributed by atoms with E-state index in [0.717, 1.165) is 43.1 Å². The Hall–Kier alpha value is -0.540. The summed E-state index contributed by atoms with van der Waals surface area (Å²) >= 11 is 6.39. The molecule has 0 spiro atoms. The van der Waals surface area contributed by atoms with Crippen molar-refractivity contribution >= 4 is 11.6 Å². The molecule has 0 saturated carbocycles. The fraction of sp³-hybridized carbons (Fsp3) is 0.786. The Balaban J connectivity index is 2.63. The SMILES string of the molecule is CCCNC(C)CCc1c(Cl)c(CC)nn1CC. The van der Waals surface area contributed by atoms with Gasteiger partial charge in [0.25, 0.3) is 0 Å².